The van der Waals surface area contributed by atoms with E-state index in [1.807, 2.05) is 36.6 Å². The van der Waals surface area contributed by atoms with Crippen LogP contribution in [0.4, 0.5) is 0 Å². The molecule has 3 aromatic rings. The van der Waals surface area contributed by atoms with Gasteiger partial charge in [-0.3, -0.25) is 4.57 Å². The Balaban J connectivity index is 2.26. The first kappa shape index (κ1) is 12.4. The molecule has 2 aromatic carbocycles. The summed E-state index contributed by atoms with van der Waals surface area (Å²) in [6, 6.07) is 13.0. The van der Waals surface area contributed by atoms with Crippen molar-refractivity contribution in [1.82, 2.24) is 9.55 Å². The standard InChI is InChI=1S/C16H14N2O2/c1-10-4-3-5-13(8-10)18-11(2)17-14-9-12(16(19)20)6-7-15(14)18/h3-9H,1-2H3,(H,19,20)/p-1. The molecule has 0 spiro atoms. The number of carboxylic acid groups (broad SMARTS) is 1. The predicted molar refractivity (Wildman–Crippen MR) is 74.9 cm³/mol. The van der Waals surface area contributed by atoms with E-state index in [9.17, 15) is 9.90 Å². The molecule has 0 N–H and O–H groups in total. The third-order valence-corrected chi connectivity index (χ3v) is 3.32. The summed E-state index contributed by atoms with van der Waals surface area (Å²) in [5.41, 5.74) is 3.87. The first-order valence-corrected chi connectivity index (χ1v) is 6.34. The number of aromatic nitrogens is 2. The van der Waals surface area contributed by atoms with Crippen LogP contribution in [0, 0.1) is 13.8 Å². The molecule has 0 aliphatic carbocycles. The predicted octanol–water partition coefficient (Wildman–Crippen LogP) is 2.01. The minimum absolute atomic E-state index is 0.145. The van der Waals surface area contributed by atoms with Gasteiger partial charge in [-0.25, -0.2) is 4.98 Å². The number of hydrogen-bond donors (Lipinski definition) is 0. The Hall–Kier alpha value is -2.62. The summed E-state index contributed by atoms with van der Waals surface area (Å²) in [7, 11) is 0. The van der Waals surface area contributed by atoms with Gasteiger partial charge in [0.1, 0.15) is 5.82 Å². The van der Waals surface area contributed by atoms with Crippen LogP contribution in [-0.2, 0) is 0 Å². The van der Waals surface area contributed by atoms with Gasteiger partial charge in [0.15, 0.2) is 0 Å². The molecule has 0 saturated carbocycles. The van der Waals surface area contributed by atoms with Crippen molar-refractivity contribution in [2.75, 3.05) is 0 Å². The molecule has 3 rings (SSSR count). The lowest BCUT2D eigenvalue weighted by molar-refractivity contribution is -0.255. The van der Waals surface area contributed by atoms with E-state index < -0.39 is 5.97 Å². The van der Waals surface area contributed by atoms with Crippen molar-refractivity contribution in [3.63, 3.8) is 0 Å². The summed E-state index contributed by atoms with van der Waals surface area (Å²) >= 11 is 0. The fourth-order valence-corrected chi connectivity index (χ4v) is 2.42. The SMILES string of the molecule is Cc1cccc(-n2c(C)nc3cc(C(=O)[O-])ccc32)c1. The molecule has 4 nitrogen and oxygen atoms in total. The number of rotatable bonds is 2. The number of hydrogen-bond acceptors (Lipinski definition) is 3. The number of nitrogens with zero attached hydrogens (tertiary/aromatic N) is 2. The Morgan fingerprint density at radius 3 is 2.65 bits per heavy atom. The number of imidazole rings is 1. The average molecular weight is 265 g/mol. The second-order valence-corrected chi connectivity index (χ2v) is 4.82. The lowest BCUT2D eigenvalue weighted by atomic mass is 10.2. The molecular formula is C16H13N2O2-. The van der Waals surface area contributed by atoms with Crippen molar-refractivity contribution in [2.24, 2.45) is 0 Å². The van der Waals surface area contributed by atoms with E-state index in [4.69, 9.17) is 0 Å². The van der Waals surface area contributed by atoms with Crippen molar-refractivity contribution >= 4 is 17.0 Å². The number of carboxylic acids is 1. The third-order valence-electron chi connectivity index (χ3n) is 3.32. The Labute approximate surface area is 116 Å². The van der Waals surface area contributed by atoms with E-state index in [1.165, 1.54) is 0 Å². The highest BCUT2D eigenvalue weighted by molar-refractivity contribution is 5.91. The number of carbonyl (C=O) groups excluding carboxylic acids is 1. The summed E-state index contributed by atoms with van der Waals surface area (Å²) in [5.74, 6) is -0.365. The lowest BCUT2D eigenvalue weighted by Gasteiger charge is -2.08. The minimum Gasteiger partial charge on any atom is -0.545 e. The van der Waals surface area contributed by atoms with Crippen LogP contribution < -0.4 is 5.11 Å². The molecule has 0 aliphatic heterocycles. The zero-order chi connectivity index (χ0) is 14.3. The van der Waals surface area contributed by atoms with Gasteiger partial charge in [0.05, 0.1) is 17.0 Å². The van der Waals surface area contributed by atoms with E-state index in [1.54, 1.807) is 18.2 Å². The molecule has 0 unspecified atom stereocenters. The first-order valence-electron chi connectivity index (χ1n) is 6.34. The largest absolute Gasteiger partial charge is 0.545 e. The van der Waals surface area contributed by atoms with Crippen LogP contribution in [0.2, 0.25) is 0 Å². The van der Waals surface area contributed by atoms with Crippen LogP contribution in [-0.4, -0.2) is 15.5 Å². The van der Waals surface area contributed by atoms with Crippen molar-refractivity contribution in [1.29, 1.82) is 0 Å². The van der Waals surface area contributed by atoms with E-state index >= 15 is 0 Å². The molecule has 0 bridgehead atoms. The molecule has 0 atom stereocenters. The van der Waals surface area contributed by atoms with Crippen LogP contribution in [0.15, 0.2) is 42.5 Å². The highest BCUT2D eigenvalue weighted by Gasteiger charge is 2.10. The van der Waals surface area contributed by atoms with Crippen LogP contribution >= 0.6 is 0 Å². The molecule has 100 valence electrons. The highest BCUT2D eigenvalue weighted by Crippen LogP contribution is 2.22. The van der Waals surface area contributed by atoms with Gasteiger partial charge in [0.2, 0.25) is 0 Å². The van der Waals surface area contributed by atoms with Gasteiger partial charge in [-0.2, -0.15) is 0 Å². The monoisotopic (exact) mass is 265 g/mol. The van der Waals surface area contributed by atoms with Crippen LogP contribution in [0.3, 0.4) is 0 Å². The lowest BCUT2D eigenvalue weighted by Crippen LogP contribution is -2.21. The average Bonchev–Trinajstić information content (AvgIpc) is 2.73. The Kier molecular flexibility index (Phi) is 2.79. The second-order valence-electron chi connectivity index (χ2n) is 4.82. The maximum absolute atomic E-state index is 10.9. The molecule has 4 heteroatoms. The van der Waals surface area contributed by atoms with Crippen molar-refractivity contribution in [3.8, 4) is 5.69 Å². The molecule has 0 aliphatic rings. The number of carbonyl (C=O) groups is 1. The van der Waals surface area contributed by atoms with Gasteiger partial charge < -0.3 is 9.90 Å². The van der Waals surface area contributed by atoms with Crippen LogP contribution in [0.25, 0.3) is 16.7 Å². The maximum atomic E-state index is 10.9. The second kappa shape index (κ2) is 4.49. The zero-order valence-corrected chi connectivity index (χ0v) is 11.3. The van der Waals surface area contributed by atoms with E-state index in [2.05, 4.69) is 11.1 Å². The van der Waals surface area contributed by atoms with Gasteiger partial charge in [-0.05, 0) is 49.2 Å². The number of aromatic carboxylic acids is 1. The molecular weight excluding hydrogens is 252 g/mol. The first-order chi connectivity index (χ1) is 9.56. The smallest absolute Gasteiger partial charge is 0.111 e. The van der Waals surface area contributed by atoms with E-state index in [0.29, 0.717) is 5.52 Å². The third kappa shape index (κ3) is 1.95. The normalized spacial score (nSPS) is 10.9. The number of fused-ring (bicyclic) bond motifs is 1. The summed E-state index contributed by atoms with van der Waals surface area (Å²) < 4.78 is 2.02. The van der Waals surface area contributed by atoms with E-state index in [0.717, 1.165) is 22.6 Å². The Bertz CT molecular complexity index is 818. The molecule has 20 heavy (non-hydrogen) atoms. The maximum Gasteiger partial charge on any atom is 0.111 e. The quantitative estimate of drug-likeness (QED) is 0.712. The van der Waals surface area contributed by atoms with Gasteiger partial charge in [0.25, 0.3) is 0 Å². The summed E-state index contributed by atoms with van der Waals surface area (Å²) in [6.45, 7) is 3.94. The number of benzene rings is 2. The molecule has 0 saturated heterocycles. The molecule has 1 aromatic heterocycles. The summed E-state index contributed by atoms with van der Waals surface area (Å²) in [5, 5.41) is 10.9. The van der Waals surface area contributed by atoms with Crippen molar-refractivity contribution in [2.45, 2.75) is 13.8 Å². The Morgan fingerprint density at radius 1 is 1.15 bits per heavy atom. The number of aryl methyl sites for hydroxylation is 2. The van der Waals surface area contributed by atoms with Gasteiger partial charge in [-0.1, -0.05) is 18.2 Å². The molecule has 0 fully saturated rings. The Morgan fingerprint density at radius 2 is 1.95 bits per heavy atom. The minimum atomic E-state index is -1.19. The molecule has 0 amide bonds. The van der Waals surface area contributed by atoms with Crippen molar-refractivity contribution < 1.29 is 9.90 Å². The summed E-state index contributed by atoms with van der Waals surface area (Å²) in [6.07, 6.45) is 0. The molecule has 0 radical (unpaired) electrons. The topological polar surface area (TPSA) is 58.0 Å². The van der Waals surface area contributed by atoms with Crippen molar-refractivity contribution in [3.05, 3.63) is 59.4 Å². The van der Waals surface area contributed by atoms with Crippen LogP contribution in [0.5, 0.6) is 0 Å². The van der Waals surface area contributed by atoms with Gasteiger partial charge in [-0.15, -0.1) is 0 Å². The van der Waals surface area contributed by atoms with E-state index in [-0.39, 0.29) is 5.56 Å². The highest BCUT2D eigenvalue weighted by atomic mass is 16.4. The zero-order valence-electron chi connectivity index (χ0n) is 11.3. The fourth-order valence-electron chi connectivity index (χ4n) is 2.42. The fraction of sp³-hybridized carbons (Fsp3) is 0.125. The summed E-state index contributed by atoms with van der Waals surface area (Å²) in [4.78, 5) is 15.3. The van der Waals surface area contributed by atoms with Crippen LogP contribution in [0.1, 0.15) is 21.7 Å². The van der Waals surface area contributed by atoms with Gasteiger partial charge in [0, 0.05) is 5.69 Å². The molecule has 1 heterocycles. The van der Waals surface area contributed by atoms with Gasteiger partial charge >= 0.3 is 0 Å².